The maximum absolute atomic E-state index is 11.8. The number of carbonyl (C=O) groups is 3. The fourth-order valence-electron chi connectivity index (χ4n) is 1.84. The van der Waals surface area contributed by atoms with Crippen molar-refractivity contribution in [2.45, 2.75) is 26.4 Å². The van der Waals surface area contributed by atoms with Gasteiger partial charge in [0.25, 0.3) is 0 Å². The Morgan fingerprint density at radius 3 is 2.48 bits per heavy atom. The van der Waals surface area contributed by atoms with E-state index in [0.717, 1.165) is 0 Å². The third-order valence-electron chi connectivity index (χ3n) is 2.59. The highest BCUT2D eigenvalue weighted by Gasteiger charge is 2.26. The van der Waals surface area contributed by atoms with Crippen LogP contribution in [0.25, 0.3) is 0 Å². The normalized spacial score (nSPS) is 12.7. The molecule has 1 aliphatic heterocycles. The zero-order valence-corrected chi connectivity index (χ0v) is 11.9. The van der Waals surface area contributed by atoms with Gasteiger partial charge in [0.2, 0.25) is 6.79 Å². The van der Waals surface area contributed by atoms with E-state index in [4.69, 9.17) is 14.2 Å². The first-order valence-corrected chi connectivity index (χ1v) is 6.22. The lowest BCUT2D eigenvalue weighted by Crippen LogP contribution is -2.27. The van der Waals surface area contributed by atoms with E-state index in [-0.39, 0.29) is 35.1 Å². The average molecular weight is 293 g/mol. The van der Waals surface area contributed by atoms with Crippen molar-refractivity contribution in [3.63, 3.8) is 0 Å². The fourth-order valence-corrected chi connectivity index (χ4v) is 1.84. The van der Waals surface area contributed by atoms with Gasteiger partial charge in [-0.15, -0.1) is 0 Å². The Morgan fingerprint density at radius 1 is 1.24 bits per heavy atom. The van der Waals surface area contributed by atoms with Gasteiger partial charge < -0.3 is 14.2 Å². The Balaban J connectivity index is 2.37. The molecule has 0 fully saturated rings. The maximum atomic E-state index is 11.8. The predicted molar refractivity (Wildman–Crippen MR) is 73.2 cm³/mol. The quantitative estimate of drug-likeness (QED) is 0.860. The van der Waals surface area contributed by atoms with Crippen LogP contribution in [0.5, 0.6) is 11.5 Å². The monoisotopic (exact) mass is 293 g/mol. The molecular formula is C14H15NO6. The maximum Gasteiger partial charge on any atom is 0.412 e. The Morgan fingerprint density at radius 2 is 1.90 bits per heavy atom. The van der Waals surface area contributed by atoms with Gasteiger partial charge in [0, 0.05) is 0 Å². The van der Waals surface area contributed by atoms with E-state index in [1.165, 1.54) is 6.07 Å². The van der Waals surface area contributed by atoms with Gasteiger partial charge in [-0.3, -0.25) is 14.9 Å². The molecule has 1 N–H and O–H groups in total. The molecule has 0 unspecified atom stereocenters. The van der Waals surface area contributed by atoms with Crippen LogP contribution in [0.4, 0.5) is 10.5 Å². The number of nitrogens with one attached hydrogen (secondary N) is 1. The summed E-state index contributed by atoms with van der Waals surface area (Å²) in [4.78, 5) is 34.1. The number of amides is 1. The van der Waals surface area contributed by atoms with Crippen LogP contribution in [0.1, 0.15) is 41.5 Å². The predicted octanol–water partition coefficient (Wildman–Crippen LogP) is 2.39. The molecule has 112 valence electrons. The number of ether oxygens (including phenoxy) is 3. The van der Waals surface area contributed by atoms with Gasteiger partial charge in [0.15, 0.2) is 24.1 Å². The minimum Gasteiger partial charge on any atom is -0.453 e. The Hall–Kier alpha value is -2.57. The largest absolute Gasteiger partial charge is 0.453 e. The zero-order chi connectivity index (χ0) is 15.6. The van der Waals surface area contributed by atoms with Crippen LogP contribution in [-0.4, -0.2) is 31.1 Å². The van der Waals surface area contributed by atoms with Crippen molar-refractivity contribution in [3.8, 4) is 11.5 Å². The highest BCUT2D eigenvalue weighted by atomic mass is 16.7. The highest BCUT2D eigenvalue weighted by Crippen LogP contribution is 2.41. The van der Waals surface area contributed by atoms with E-state index in [1.807, 2.05) is 0 Å². The molecule has 1 aromatic rings. The molecule has 0 radical (unpaired) electrons. The molecular weight excluding hydrogens is 278 g/mol. The van der Waals surface area contributed by atoms with Crippen molar-refractivity contribution in [2.75, 3.05) is 12.1 Å². The van der Waals surface area contributed by atoms with Crippen LogP contribution in [0.2, 0.25) is 0 Å². The number of aldehydes is 2. The second-order valence-corrected chi connectivity index (χ2v) is 5.35. The summed E-state index contributed by atoms with van der Waals surface area (Å²) in [7, 11) is 0. The van der Waals surface area contributed by atoms with E-state index in [1.54, 1.807) is 20.8 Å². The lowest BCUT2D eigenvalue weighted by molar-refractivity contribution is 0.0635. The molecule has 7 nitrogen and oxygen atoms in total. The van der Waals surface area contributed by atoms with Crippen LogP contribution >= 0.6 is 0 Å². The third-order valence-corrected chi connectivity index (χ3v) is 2.59. The Bertz CT molecular complexity index is 602. The Labute approximate surface area is 121 Å². The molecule has 21 heavy (non-hydrogen) atoms. The first-order chi connectivity index (χ1) is 9.85. The van der Waals surface area contributed by atoms with Gasteiger partial charge in [-0.25, -0.2) is 4.79 Å². The molecule has 1 aliphatic rings. The number of hydrogen-bond donors (Lipinski definition) is 1. The molecule has 1 heterocycles. The van der Waals surface area contributed by atoms with Crippen LogP contribution in [0.3, 0.4) is 0 Å². The summed E-state index contributed by atoms with van der Waals surface area (Å²) in [6, 6.07) is 1.34. The molecule has 1 aromatic carbocycles. The topological polar surface area (TPSA) is 90.9 Å². The first kappa shape index (κ1) is 14.8. The van der Waals surface area contributed by atoms with Crippen LogP contribution < -0.4 is 14.8 Å². The smallest absolute Gasteiger partial charge is 0.412 e. The SMILES string of the molecule is CC(C)(C)OC(=O)Nc1cc(C=O)c2c(c1C=O)OCO2. The molecule has 0 spiro atoms. The van der Waals surface area contributed by atoms with Gasteiger partial charge in [-0.2, -0.15) is 0 Å². The van der Waals surface area contributed by atoms with Crippen molar-refractivity contribution in [1.29, 1.82) is 0 Å². The minimum absolute atomic E-state index is 0.0904. The summed E-state index contributed by atoms with van der Waals surface area (Å²) in [5.74, 6) is 0.336. The van der Waals surface area contributed by atoms with Gasteiger partial charge in [-0.1, -0.05) is 0 Å². The molecule has 0 bridgehead atoms. The van der Waals surface area contributed by atoms with E-state index in [2.05, 4.69) is 5.32 Å². The number of fused-ring (bicyclic) bond motifs is 1. The van der Waals surface area contributed by atoms with Crippen LogP contribution in [-0.2, 0) is 4.74 Å². The molecule has 0 atom stereocenters. The van der Waals surface area contributed by atoms with E-state index in [0.29, 0.717) is 12.6 Å². The van der Waals surface area contributed by atoms with Crippen LogP contribution in [0.15, 0.2) is 6.07 Å². The van der Waals surface area contributed by atoms with E-state index in [9.17, 15) is 14.4 Å². The standard InChI is InChI=1S/C14H15NO6/c1-14(2,3)21-13(18)15-10-4-8(5-16)11-12(9(10)6-17)20-7-19-11/h4-6H,7H2,1-3H3,(H,15,18). The van der Waals surface area contributed by atoms with Crippen LogP contribution in [0, 0.1) is 0 Å². The number of carbonyl (C=O) groups excluding carboxylic acids is 3. The van der Waals surface area contributed by atoms with E-state index >= 15 is 0 Å². The van der Waals surface area contributed by atoms with E-state index < -0.39 is 11.7 Å². The number of rotatable bonds is 3. The van der Waals surface area contributed by atoms with Gasteiger partial charge in [0.1, 0.15) is 5.60 Å². The van der Waals surface area contributed by atoms with Crippen molar-refractivity contribution < 1.29 is 28.6 Å². The zero-order valence-electron chi connectivity index (χ0n) is 11.9. The number of hydrogen-bond acceptors (Lipinski definition) is 6. The molecule has 0 saturated heterocycles. The van der Waals surface area contributed by atoms with Crippen molar-refractivity contribution in [2.24, 2.45) is 0 Å². The van der Waals surface area contributed by atoms with Gasteiger partial charge >= 0.3 is 6.09 Å². The van der Waals surface area contributed by atoms with Crippen molar-refractivity contribution in [1.82, 2.24) is 0 Å². The Kier molecular flexibility index (Phi) is 3.84. The summed E-state index contributed by atoms with van der Waals surface area (Å²) < 4.78 is 15.4. The molecule has 0 saturated carbocycles. The highest BCUT2D eigenvalue weighted by molar-refractivity contribution is 6.00. The number of anilines is 1. The van der Waals surface area contributed by atoms with Crippen molar-refractivity contribution >= 4 is 24.4 Å². The van der Waals surface area contributed by atoms with Crippen molar-refractivity contribution in [3.05, 3.63) is 17.2 Å². The summed E-state index contributed by atoms with van der Waals surface area (Å²) in [5, 5.41) is 2.44. The first-order valence-electron chi connectivity index (χ1n) is 6.22. The third kappa shape index (κ3) is 3.13. The summed E-state index contributed by atoms with van der Waals surface area (Å²) in [6.45, 7) is 5.05. The molecule has 2 rings (SSSR count). The molecule has 0 aliphatic carbocycles. The molecule has 7 heteroatoms. The van der Waals surface area contributed by atoms with Gasteiger partial charge in [-0.05, 0) is 26.8 Å². The lowest BCUT2D eigenvalue weighted by Gasteiger charge is -2.20. The summed E-state index contributed by atoms with van der Waals surface area (Å²) in [5.41, 5.74) is -0.279. The summed E-state index contributed by atoms with van der Waals surface area (Å²) >= 11 is 0. The van der Waals surface area contributed by atoms with Gasteiger partial charge in [0.05, 0.1) is 16.8 Å². The minimum atomic E-state index is -0.735. The average Bonchev–Trinajstić information content (AvgIpc) is 2.84. The molecule has 0 aromatic heterocycles. The second-order valence-electron chi connectivity index (χ2n) is 5.35. The second kappa shape index (κ2) is 5.43. The molecule has 1 amide bonds. The fraction of sp³-hybridized carbons (Fsp3) is 0.357. The summed E-state index contributed by atoms with van der Waals surface area (Å²) in [6.07, 6.45) is 0.346. The number of benzene rings is 1. The lowest BCUT2D eigenvalue weighted by atomic mass is 10.1.